The van der Waals surface area contributed by atoms with Gasteiger partial charge in [0.05, 0.1) is 68.2 Å². The summed E-state index contributed by atoms with van der Waals surface area (Å²) in [6.45, 7) is 8.60. The Bertz CT molecular complexity index is 3950. The van der Waals surface area contributed by atoms with Crippen molar-refractivity contribution in [3.63, 3.8) is 0 Å². The van der Waals surface area contributed by atoms with E-state index in [9.17, 15) is 48.0 Å². The lowest BCUT2D eigenvalue weighted by Crippen LogP contribution is -2.57. The van der Waals surface area contributed by atoms with Crippen molar-refractivity contribution in [1.82, 2.24) is 30.7 Å². The number of rotatable bonds is 33. The first-order valence-electron chi connectivity index (χ1n) is 32.3. The number of aryl methyl sites for hydroxylation is 1. The SMILES string of the molecule is CCC(=C(c1ccc(O)cc1)c1ccc(OCCN(C)C(=O)CCOCCOCCC(=O)N[C@H](C(=O)N2C[C@H](OP(=O)(O)OP(=O)(O)OCCNC(=O)OCC3c4ccccc4-c4ccccc43)C[C@H]2C(=O)NCc2ccc(-c3scnc3C)cc2)C(C)(C)C)cc1)c1ccccc1. The highest BCUT2D eigenvalue weighted by Gasteiger charge is 2.48. The zero-order valence-electron chi connectivity index (χ0n) is 55.6. The lowest BCUT2D eigenvalue weighted by Gasteiger charge is -2.35. The van der Waals surface area contributed by atoms with Gasteiger partial charge < -0.3 is 59.6 Å². The maximum Gasteiger partial charge on any atom is 0.481 e. The second-order valence-electron chi connectivity index (χ2n) is 24.7. The molecule has 26 heteroatoms. The maximum atomic E-state index is 14.7. The van der Waals surface area contributed by atoms with Crippen LogP contribution < -0.4 is 20.7 Å². The van der Waals surface area contributed by atoms with Gasteiger partial charge in [0.1, 0.15) is 36.8 Å². The van der Waals surface area contributed by atoms with Gasteiger partial charge in [-0.3, -0.25) is 28.2 Å². The number of hydrogen-bond donors (Lipinski definition) is 6. The fourth-order valence-corrected chi connectivity index (χ4v) is 14.7. The van der Waals surface area contributed by atoms with Crippen LogP contribution in [0.3, 0.4) is 0 Å². The van der Waals surface area contributed by atoms with E-state index in [0.29, 0.717) is 12.3 Å². The second kappa shape index (κ2) is 34.4. The number of allylic oxidation sites excluding steroid dienone is 1. The molecule has 5 atom stereocenters. The van der Waals surface area contributed by atoms with Crippen LogP contribution >= 0.6 is 27.0 Å². The van der Waals surface area contributed by atoms with Crippen LogP contribution in [0, 0.1) is 12.3 Å². The number of thiazole rings is 1. The molecule has 0 saturated carbocycles. The minimum atomic E-state index is -5.50. The molecule has 1 aromatic heterocycles. The Labute approximate surface area is 574 Å². The van der Waals surface area contributed by atoms with E-state index in [-0.39, 0.29) is 89.6 Å². The van der Waals surface area contributed by atoms with Crippen molar-refractivity contribution in [2.24, 2.45) is 5.41 Å². The number of aromatic nitrogens is 1. The van der Waals surface area contributed by atoms with Crippen LogP contribution in [0.15, 0.2) is 157 Å². The van der Waals surface area contributed by atoms with Crippen molar-refractivity contribution in [2.45, 2.75) is 91.0 Å². The van der Waals surface area contributed by atoms with Crippen LogP contribution in [0.2, 0.25) is 0 Å². The Morgan fingerprint density at radius 3 is 1.98 bits per heavy atom. The molecule has 9 rings (SSSR count). The number of fused-ring (bicyclic) bond motifs is 3. The van der Waals surface area contributed by atoms with Gasteiger partial charge in [-0.25, -0.2) is 18.9 Å². The van der Waals surface area contributed by atoms with Gasteiger partial charge in [-0.05, 0) is 104 Å². The number of likely N-dealkylation sites (tertiary alicyclic amines) is 1. The average molecular weight is 1400 g/mol. The summed E-state index contributed by atoms with van der Waals surface area (Å²) in [4.78, 5) is 97.6. The molecule has 2 heterocycles. The predicted octanol–water partition coefficient (Wildman–Crippen LogP) is 11.4. The number of amides is 5. The van der Waals surface area contributed by atoms with Crippen molar-refractivity contribution in [3.8, 4) is 33.1 Å². The molecule has 1 aliphatic heterocycles. The van der Waals surface area contributed by atoms with E-state index < -0.39 is 76.2 Å². The molecule has 7 aromatic rings. The molecule has 0 bridgehead atoms. The molecular weight excluding hydrogens is 1310 g/mol. The van der Waals surface area contributed by atoms with Crippen LogP contribution in [-0.4, -0.2) is 151 Å². The summed E-state index contributed by atoms with van der Waals surface area (Å²) < 4.78 is 64.3. The molecule has 23 nitrogen and oxygen atoms in total. The number of alkyl carbamates (subject to hydrolysis) is 1. The summed E-state index contributed by atoms with van der Waals surface area (Å²) >= 11 is 1.49. The summed E-state index contributed by atoms with van der Waals surface area (Å²) in [5.41, 5.74) is 12.7. The average Bonchev–Trinajstić information content (AvgIpc) is 1.57. The molecule has 6 aromatic carbocycles. The molecule has 98 heavy (non-hydrogen) atoms. The van der Waals surface area contributed by atoms with Crippen LogP contribution in [0.5, 0.6) is 11.5 Å². The summed E-state index contributed by atoms with van der Waals surface area (Å²) in [5.74, 6) is -1.46. The first-order valence-corrected chi connectivity index (χ1v) is 36.2. The first-order chi connectivity index (χ1) is 47.0. The van der Waals surface area contributed by atoms with Crippen molar-refractivity contribution in [3.05, 3.63) is 196 Å². The van der Waals surface area contributed by atoms with Gasteiger partial charge in [0.2, 0.25) is 23.6 Å². The van der Waals surface area contributed by atoms with Crippen LogP contribution in [-0.2, 0) is 62.4 Å². The number of ether oxygens (including phenoxy) is 4. The van der Waals surface area contributed by atoms with E-state index in [2.05, 4.69) is 44.3 Å². The zero-order valence-corrected chi connectivity index (χ0v) is 58.2. The standard InChI is InChI=1S/C72H84N6O17P2S/c1-7-57(50-15-9-8-10-16-50)66(51-25-29-54(79)30-26-51)52-27-31-55(32-28-52)91-40-36-77(6)65(81)34-38-90-42-41-89-37-33-64(80)76-68(72(3,4)5)70(83)78-45-56(43-63(78)69(82)74-44-49-21-23-53(24-22-49)67-48(2)75-47-98-67)94-97(87,88)95-96(85,86)93-39-35-73-71(84)92-46-62-60-19-13-11-17-58(60)59-18-12-14-20-61(59)62/h8-32,47,56,62-63,68,79H,7,33-46H2,1-6H3,(H,73,84)(H,74,82)(H,76,80)(H,85,86)(H,87,88)/t56-,63+,68-/m1/s1. The Morgan fingerprint density at radius 2 is 1.36 bits per heavy atom. The number of phosphoric ester groups is 2. The third-order valence-electron chi connectivity index (χ3n) is 16.7. The molecular formula is C72H84N6O17P2S. The van der Waals surface area contributed by atoms with Crippen molar-refractivity contribution in [1.29, 1.82) is 0 Å². The molecule has 1 saturated heterocycles. The summed E-state index contributed by atoms with van der Waals surface area (Å²) in [6.07, 6.45) is -1.90. The first kappa shape index (κ1) is 73.9. The topological polar surface area (TPSA) is 300 Å². The van der Waals surface area contributed by atoms with Gasteiger partial charge >= 0.3 is 21.7 Å². The number of phenols is 1. The van der Waals surface area contributed by atoms with Crippen LogP contribution in [0.1, 0.15) is 98.4 Å². The van der Waals surface area contributed by atoms with Crippen molar-refractivity contribution in [2.75, 3.05) is 72.9 Å². The van der Waals surface area contributed by atoms with E-state index >= 15 is 0 Å². The number of phosphoric acid groups is 2. The number of carbonyl (C=O) groups excluding carboxylic acids is 5. The fourth-order valence-electron chi connectivity index (χ4n) is 11.7. The molecule has 2 aliphatic rings. The van der Waals surface area contributed by atoms with Gasteiger partial charge in [0.15, 0.2) is 0 Å². The molecule has 1 aliphatic carbocycles. The van der Waals surface area contributed by atoms with E-state index in [0.717, 1.165) is 83.1 Å². The molecule has 1 fully saturated rings. The van der Waals surface area contributed by atoms with E-state index in [1.54, 1.807) is 50.4 Å². The zero-order chi connectivity index (χ0) is 70.0. The van der Waals surface area contributed by atoms with E-state index in [1.807, 2.05) is 134 Å². The fraction of sp³-hybridized carbons (Fsp3) is 0.361. The lowest BCUT2D eigenvalue weighted by molar-refractivity contribution is -0.144. The molecule has 0 radical (unpaired) electrons. The molecule has 5 amide bonds. The minimum Gasteiger partial charge on any atom is -0.508 e. The number of aromatic hydroxyl groups is 1. The summed E-state index contributed by atoms with van der Waals surface area (Å²) in [5, 5.41) is 18.0. The van der Waals surface area contributed by atoms with E-state index in [4.69, 9.17) is 28.0 Å². The summed E-state index contributed by atoms with van der Waals surface area (Å²) in [7, 11) is -9.17. The van der Waals surface area contributed by atoms with Gasteiger partial charge in [0.25, 0.3) is 0 Å². The molecule has 2 unspecified atom stereocenters. The molecule has 520 valence electrons. The monoisotopic (exact) mass is 1400 g/mol. The van der Waals surface area contributed by atoms with Gasteiger partial charge in [-0.1, -0.05) is 155 Å². The molecule has 6 N–H and O–H groups in total. The van der Waals surface area contributed by atoms with Crippen LogP contribution in [0.25, 0.3) is 32.7 Å². The van der Waals surface area contributed by atoms with Gasteiger partial charge in [0, 0.05) is 45.4 Å². The van der Waals surface area contributed by atoms with Gasteiger partial charge in [-0.15, -0.1) is 11.3 Å². The third kappa shape index (κ3) is 20.4. The quantitative estimate of drug-likeness (QED) is 0.0127. The largest absolute Gasteiger partial charge is 0.508 e. The van der Waals surface area contributed by atoms with Crippen LogP contribution in [0.4, 0.5) is 4.79 Å². The smallest absolute Gasteiger partial charge is 0.481 e. The normalized spacial score (nSPS) is 16.1. The number of benzene rings is 6. The van der Waals surface area contributed by atoms with Crippen molar-refractivity contribution < 1.29 is 80.3 Å². The number of carbonyl (C=O) groups is 5. The summed E-state index contributed by atoms with van der Waals surface area (Å²) in [6, 6.07) is 45.7. The van der Waals surface area contributed by atoms with Gasteiger partial charge in [-0.2, -0.15) is 4.31 Å². The van der Waals surface area contributed by atoms with E-state index in [1.165, 1.54) is 11.3 Å². The number of hydrogen-bond acceptors (Lipinski definition) is 17. The second-order valence-corrected chi connectivity index (χ2v) is 28.5. The predicted molar refractivity (Wildman–Crippen MR) is 371 cm³/mol. The highest BCUT2D eigenvalue weighted by atomic mass is 32.1. The Morgan fingerprint density at radius 1 is 0.735 bits per heavy atom. The third-order valence-corrected chi connectivity index (χ3v) is 20.4. The number of nitrogens with zero attached hydrogens (tertiary/aromatic N) is 3. The highest BCUT2D eigenvalue weighted by Crippen LogP contribution is 2.61. The number of likely N-dealkylation sites (N-methyl/N-ethyl adjacent to an activating group) is 1. The Balaban J connectivity index is 0.715. The Hall–Kier alpha value is -8.38. The molecule has 0 spiro atoms. The number of nitrogens with one attached hydrogen (secondary N) is 3. The highest BCUT2D eigenvalue weighted by molar-refractivity contribution is 7.61. The van der Waals surface area contributed by atoms with Crippen molar-refractivity contribution >= 4 is 67.9 Å². The Kier molecular flexibility index (Phi) is 25.9. The lowest BCUT2D eigenvalue weighted by atomic mass is 9.85. The maximum absolute atomic E-state index is 14.7. The number of phenolic OH excluding ortho intramolecular Hbond substituents is 1. The minimum absolute atomic E-state index is 0.00822.